The summed E-state index contributed by atoms with van der Waals surface area (Å²) < 4.78 is 31.6. The normalized spacial score (nSPS) is 16.6. The Morgan fingerprint density at radius 2 is 2.03 bits per heavy atom. The zero-order valence-corrected chi connectivity index (χ0v) is 21.8. The van der Waals surface area contributed by atoms with Gasteiger partial charge < -0.3 is 20.7 Å². The van der Waals surface area contributed by atoms with Crippen LogP contribution >= 0.6 is 0 Å². The van der Waals surface area contributed by atoms with Crippen LogP contribution in [0.15, 0.2) is 23.1 Å². The Morgan fingerprint density at radius 3 is 2.57 bits per heavy atom. The van der Waals surface area contributed by atoms with E-state index in [1.165, 1.54) is 18.2 Å². The highest BCUT2D eigenvalue weighted by atomic mass is 32.2. The van der Waals surface area contributed by atoms with E-state index in [2.05, 4.69) is 15.3 Å². The minimum atomic E-state index is -3.56. The van der Waals surface area contributed by atoms with Gasteiger partial charge in [-0.15, -0.1) is 0 Å². The number of aryl methyl sites for hydroxylation is 1. The average Bonchev–Trinajstić information content (AvgIpc) is 3.34. The number of carbonyl (C=O) groups excluding carboxylic acids is 2. The summed E-state index contributed by atoms with van der Waals surface area (Å²) in [4.78, 5) is 28.1. The Morgan fingerprint density at radius 1 is 1.31 bits per heavy atom. The summed E-state index contributed by atoms with van der Waals surface area (Å²) in [6, 6.07) is 4.38. The molecule has 0 spiro atoms. The Hall–Kier alpha value is -2.92. The number of nitrogens with zero attached hydrogens (tertiary/aromatic N) is 3. The monoisotopic (exact) mass is 505 g/mol. The van der Waals surface area contributed by atoms with Crippen molar-refractivity contribution in [3.8, 4) is 5.75 Å². The number of anilines is 1. The lowest BCUT2D eigenvalue weighted by Gasteiger charge is -2.20. The van der Waals surface area contributed by atoms with E-state index < -0.39 is 21.7 Å². The SMILES string of the molecule is CCc1nn(C[C@@H]2CCCN2C)c(C(N)=O)c1NC(=O)c1cc(S(C)(=O)=O)ccc1OCC(C)C. The maximum atomic E-state index is 13.4. The van der Waals surface area contributed by atoms with E-state index >= 15 is 0 Å². The molecule has 2 aromatic rings. The number of nitrogens with two attached hydrogens (primary N) is 1. The van der Waals surface area contributed by atoms with Crippen molar-refractivity contribution in [2.24, 2.45) is 11.7 Å². The molecule has 3 N–H and O–H groups in total. The highest BCUT2D eigenvalue weighted by molar-refractivity contribution is 7.90. The van der Waals surface area contributed by atoms with Crippen LogP contribution in [0.25, 0.3) is 0 Å². The van der Waals surface area contributed by atoms with E-state index in [0.29, 0.717) is 25.3 Å². The third kappa shape index (κ3) is 6.21. The van der Waals surface area contributed by atoms with E-state index in [0.717, 1.165) is 25.6 Å². The lowest BCUT2D eigenvalue weighted by molar-refractivity contribution is 0.0988. The van der Waals surface area contributed by atoms with Crippen molar-refractivity contribution in [2.75, 3.05) is 31.8 Å². The van der Waals surface area contributed by atoms with Gasteiger partial charge in [0.15, 0.2) is 9.84 Å². The third-order valence-corrected chi connectivity index (χ3v) is 7.19. The molecule has 1 aliphatic heterocycles. The molecular formula is C24H35N5O5S. The molecule has 192 valence electrons. The molecule has 2 amide bonds. The van der Waals surface area contributed by atoms with Crippen LogP contribution in [-0.2, 0) is 22.8 Å². The second kappa shape index (κ2) is 10.8. The zero-order valence-electron chi connectivity index (χ0n) is 21.0. The molecule has 10 nitrogen and oxygen atoms in total. The van der Waals surface area contributed by atoms with Crippen molar-refractivity contribution in [3.05, 3.63) is 35.2 Å². The first-order chi connectivity index (χ1) is 16.4. The number of ether oxygens (including phenoxy) is 1. The molecule has 2 heterocycles. The standard InChI is InChI=1S/C24H35N5O5S/c1-6-19-21(22(23(25)30)29(27-19)13-16-8-7-11-28(16)4)26-24(31)18-12-17(35(5,32)33)9-10-20(18)34-14-15(2)3/h9-10,12,15-16H,6-8,11,13-14H2,1-5H3,(H2,25,30)(H,26,31)/t16-/m0/s1. The number of aromatic nitrogens is 2. The minimum absolute atomic E-state index is 0.00893. The molecule has 11 heteroatoms. The molecule has 0 radical (unpaired) electrons. The van der Waals surface area contributed by atoms with Gasteiger partial charge in [-0.05, 0) is 57.0 Å². The van der Waals surface area contributed by atoms with Crippen LogP contribution in [0.5, 0.6) is 5.75 Å². The van der Waals surface area contributed by atoms with Gasteiger partial charge in [0.1, 0.15) is 11.4 Å². The fourth-order valence-corrected chi connectivity index (χ4v) is 4.81. The van der Waals surface area contributed by atoms with Crippen molar-refractivity contribution >= 4 is 27.3 Å². The summed E-state index contributed by atoms with van der Waals surface area (Å²) in [5.41, 5.74) is 6.67. The van der Waals surface area contributed by atoms with Crippen LogP contribution in [0.2, 0.25) is 0 Å². The van der Waals surface area contributed by atoms with Crippen LogP contribution in [-0.4, -0.2) is 67.4 Å². The van der Waals surface area contributed by atoms with Crippen molar-refractivity contribution in [1.82, 2.24) is 14.7 Å². The van der Waals surface area contributed by atoms with Gasteiger partial charge in [0.05, 0.1) is 35.0 Å². The summed E-state index contributed by atoms with van der Waals surface area (Å²) in [5.74, 6) is -0.860. The molecule has 1 aliphatic rings. The highest BCUT2D eigenvalue weighted by Crippen LogP contribution is 2.28. The number of carbonyl (C=O) groups is 2. The number of hydrogen-bond acceptors (Lipinski definition) is 7. The number of hydrogen-bond donors (Lipinski definition) is 2. The molecule has 1 aromatic heterocycles. The smallest absolute Gasteiger partial charge is 0.269 e. The maximum Gasteiger partial charge on any atom is 0.269 e. The van der Waals surface area contributed by atoms with Gasteiger partial charge in [-0.25, -0.2) is 8.42 Å². The van der Waals surface area contributed by atoms with Crippen LogP contribution in [0, 0.1) is 5.92 Å². The molecule has 1 fully saturated rings. The van der Waals surface area contributed by atoms with Gasteiger partial charge in [0, 0.05) is 12.3 Å². The number of benzene rings is 1. The molecule has 0 aliphatic carbocycles. The molecule has 35 heavy (non-hydrogen) atoms. The van der Waals surface area contributed by atoms with Crippen molar-refractivity contribution in [3.63, 3.8) is 0 Å². The van der Waals surface area contributed by atoms with E-state index in [1.54, 1.807) is 4.68 Å². The van der Waals surface area contributed by atoms with Gasteiger partial charge in [-0.2, -0.15) is 5.10 Å². The van der Waals surface area contributed by atoms with Crippen molar-refractivity contribution in [1.29, 1.82) is 0 Å². The summed E-state index contributed by atoms with van der Waals surface area (Å²) in [7, 11) is -1.53. The zero-order chi connectivity index (χ0) is 25.9. The minimum Gasteiger partial charge on any atom is -0.492 e. The topological polar surface area (TPSA) is 137 Å². The van der Waals surface area contributed by atoms with Gasteiger partial charge in [-0.3, -0.25) is 14.3 Å². The molecule has 1 aromatic carbocycles. The molecule has 1 atom stereocenters. The maximum absolute atomic E-state index is 13.4. The van der Waals surface area contributed by atoms with Crippen LogP contribution in [0.4, 0.5) is 5.69 Å². The Balaban J connectivity index is 2.01. The largest absolute Gasteiger partial charge is 0.492 e. The number of amides is 2. The molecule has 1 saturated heterocycles. The predicted octanol–water partition coefficient (Wildman–Crippen LogP) is 2.33. The summed E-state index contributed by atoms with van der Waals surface area (Å²) in [6.07, 6.45) is 3.58. The molecular weight excluding hydrogens is 470 g/mol. The number of nitrogens with one attached hydrogen (secondary N) is 1. The molecule has 0 bridgehead atoms. The fraction of sp³-hybridized carbons (Fsp3) is 0.542. The van der Waals surface area contributed by atoms with Crippen molar-refractivity contribution < 1.29 is 22.7 Å². The molecule has 3 rings (SSSR count). The third-order valence-electron chi connectivity index (χ3n) is 6.08. The number of likely N-dealkylation sites (N-methyl/N-ethyl adjacent to an activating group) is 1. The summed E-state index contributed by atoms with van der Waals surface area (Å²) >= 11 is 0. The lowest BCUT2D eigenvalue weighted by atomic mass is 10.1. The quantitative estimate of drug-likeness (QED) is 0.506. The van der Waals surface area contributed by atoms with Gasteiger partial charge in [0.2, 0.25) is 0 Å². The lowest BCUT2D eigenvalue weighted by Crippen LogP contribution is -2.32. The van der Waals surface area contributed by atoms with Crippen LogP contribution in [0.3, 0.4) is 0 Å². The first-order valence-corrected chi connectivity index (χ1v) is 13.7. The van der Waals surface area contributed by atoms with Gasteiger partial charge in [0.25, 0.3) is 11.8 Å². The number of primary amides is 1. The molecule has 0 saturated carbocycles. The average molecular weight is 506 g/mol. The van der Waals surface area contributed by atoms with Crippen LogP contribution < -0.4 is 15.8 Å². The van der Waals surface area contributed by atoms with Crippen LogP contribution in [0.1, 0.15) is 60.2 Å². The Kier molecular flexibility index (Phi) is 8.22. The molecule has 0 unspecified atom stereocenters. The second-order valence-electron chi connectivity index (χ2n) is 9.44. The van der Waals surface area contributed by atoms with E-state index in [4.69, 9.17) is 10.5 Å². The second-order valence-corrected chi connectivity index (χ2v) is 11.5. The first kappa shape index (κ1) is 26.7. The Labute approximate surface area is 206 Å². The summed E-state index contributed by atoms with van der Waals surface area (Å²) in [6.45, 7) is 7.59. The van der Waals surface area contributed by atoms with E-state index in [9.17, 15) is 18.0 Å². The highest BCUT2D eigenvalue weighted by Gasteiger charge is 2.28. The van der Waals surface area contributed by atoms with Gasteiger partial charge >= 0.3 is 0 Å². The Bertz CT molecular complexity index is 1210. The van der Waals surface area contributed by atoms with E-state index in [-0.39, 0.29) is 39.5 Å². The summed E-state index contributed by atoms with van der Waals surface area (Å²) in [5, 5.41) is 7.36. The number of sulfone groups is 1. The van der Waals surface area contributed by atoms with E-state index in [1.807, 2.05) is 27.8 Å². The van der Waals surface area contributed by atoms with Gasteiger partial charge in [-0.1, -0.05) is 20.8 Å². The number of rotatable bonds is 10. The first-order valence-electron chi connectivity index (χ1n) is 11.8. The van der Waals surface area contributed by atoms with Crippen molar-refractivity contribution in [2.45, 2.75) is 57.5 Å². The fourth-order valence-electron chi connectivity index (χ4n) is 4.16. The number of likely N-dealkylation sites (tertiary alicyclic amines) is 1. The predicted molar refractivity (Wildman–Crippen MR) is 134 cm³/mol.